The van der Waals surface area contributed by atoms with Crippen molar-refractivity contribution in [3.63, 3.8) is 0 Å². The summed E-state index contributed by atoms with van der Waals surface area (Å²) < 4.78 is 13.4. The number of hydrogen-bond acceptors (Lipinski definition) is 3. The number of pyridine rings is 1. The molecule has 0 aliphatic carbocycles. The van der Waals surface area contributed by atoms with Crippen molar-refractivity contribution in [1.82, 2.24) is 25.4 Å². The number of halogens is 1. The Kier molecular flexibility index (Phi) is 1.94. The second-order valence-corrected chi connectivity index (χ2v) is 4.27. The first-order valence-electron chi connectivity index (χ1n) is 5.75. The highest BCUT2D eigenvalue weighted by atomic mass is 19.1. The van der Waals surface area contributed by atoms with Gasteiger partial charge >= 0.3 is 0 Å². The molecule has 19 heavy (non-hydrogen) atoms. The SMILES string of the molecule is Fc1ccc2[nH]c3c(-c4cnn[nH]4)nccc3c2c1. The van der Waals surface area contributed by atoms with Crippen molar-refractivity contribution in [1.29, 1.82) is 0 Å². The molecule has 5 nitrogen and oxygen atoms in total. The van der Waals surface area contributed by atoms with Gasteiger partial charge in [0.25, 0.3) is 0 Å². The first-order valence-corrected chi connectivity index (χ1v) is 5.75. The highest BCUT2D eigenvalue weighted by molar-refractivity contribution is 6.10. The Bertz CT molecular complexity index is 879. The minimum atomic E-state index is -0.255. The second kappa shape index (κ2) is 3.61. The fourth-order valence-electron chi connectivity index (χ4n) is 2.31. The molecule has 0 saturated heterocycles. The maximum atomic E-state index is 13.4. The van der Waals surface area contributed by atoms with E-state index in [0.717, 1.165) is 33.2 Å². The lowest BCUT2D eigenvalue weighted by Crippen LogP contribution is -1.85. The lowest BCUT2D eigenvalue weighted by molar-refractivity contribution is 0.630. The summed E-state index contributed by atoms with van der Waals surface area (Å²) in [4.78, 5) is 7.59. The number of hydrogen-bond donors (Lipinski definition) is 2. The minimum Gasteiger partial charge on any atom is -0.353 e. The Morgan fingerprint density at radius 1 is 1.11 bits per heavy atom. The van der Waals surface area contributed by atoms with Crippen LogP contribution in [0.25, 0.3) is 33.2 Å². The van der Waals surface area contributed by atoms with E-state index in [1.807, 2.05) is 6.07 Å². The molecule has 0 radical (unpaired) electrons. The van der Waals surface area contributed by atoms with Gasteiger partial charge in [-0.25, -0.2) is 4.39 Å². The maximum absolute atomic E-state index is 13.4. The number of aromatic amines is 2. The van der Waals surface area contributed by atoms with Gasteiger partial charge < -0.3 is 4.98 Å². The topological polar surface area (TPSA) is 70.2 Å². The molecule has 0 fully saturated rings. The van der Waals surface area contributed by atoms with Crippen LogP contribution in [0.1, 0.15) is 0 Å². The molecule has 0 amide bonds. The van der Waals surface area contributed by atoms with Crippen molar-refractivity contribution in [2.45, 2.75) is 0 Å². The monoisotopic (exact) mass is 253 g/mol. The zero-order valence-electron chi connectivity index (χ0n) is 9.68. The molecule has 0 aliphatic rings. The molecule has 2 N–H and O–H groups in total. The average Bonchev–Trinajstić information content (AvgIpc) is 3.05. The van der Waals surface area contributed by atoms with E-state index >= 15 is 0 Å². The number of fused-ring (bicyclic) bond motifs is 3. The Morgan fingerprint density at radius 2 is 2.05 bits per heavy atom. The van der Waals surface area contributed by atoms with Gasteiger partial charge in [0.2, 0.25) is 0 Å². The largest absolute Gasteiger partial charge is 0.353 e. The Balaban J connectivity index is 2.15. The molecule has 3 heterocycles. The van der Waals surface area contributed by atoms with Gasteiger partial charge in [-0.3, -0.25) is 10.1 Å². The van der Waals surface area contributed by atoms with E-state index in [1.165, 1.54) is 12.1 Å². The van der Waals surface area contributed by atoms with Crippen LogP contribution >= 0.6 is 0 Å². The van der Waals surface area contributed by atoms with Crippen LogP contribution in [0.5, 0.6) is 0 Å². The number of rotatable bonds is 1. The van der Waals surface area contributed by atoms with E-state index in [2.05, 4.69) is 25.4 Å². The Hall–Kier alpha value is -2.76. The summed E-state index contributed by atoms with van der Waals surface area (Å²) in [5, 5.41) is 12.0. The van der Waals surface area contributed by atoms with Crippen molar-refractivity contribution in [2.24, 2.45) is 0 Å². The second-order valence-electron chi connectivity index (χ2n) is 4.27. The molecule has 3 aromatic heterocycles. The Labute approximate surface area is 106 Å². The highest BCUT2D eigenvalue weighted by Crippen LogP contribution is 2.30. The molecule has 0 unspecified atom stereocenters. The van der Waals surface area contributed by atoms with Crippen LogP contribution in [-0.4, -0.2) is 25.4 Å². The van der Waals surface area contributed by atoms with Crippen LogP contribution in [0, 0.1) is 5.82 Å². The smallest absolute Gasteiger partial charge is 0.123 e. The Morgan fingerprint density at radius 3 is 2.89 bits per heavy atom. The molecule has 4 rings (SSSR count). The van der Waals surface area contributed by atoms with Crippen LogP contribution in [-0.2, 0) is 0 Å². The maximum Gasteiger partial charge on any atom is 0.123 e. The lowest BCUT2D eigenvalue weighted by Gasteiger charge is -1.97. The third-order valence-corrected chi connectivity index (χ3v) is 3.15. The van der Waals surface area contributed by atoms with Crippen molar-refractivity contribution in [3.05, 3.63) is 42.5 Å². The summed E-state index contributed by atoms with van der Waals surface area (Å²) in [6.45, 7) is 0. The summed E-state index contributed by atoms with van der Waals surface area (Å²) in [6, 6.07) is 6.53. The van der Waals surface area contributed by atoms with Gasteiger partial charge in [0.05, 0.1) is 11.7 Å². The number of benzene rings is 1. The third-order valence-electron chi connectivity index (χ3n) is 3.15. The van der Waals surface area contributed by atoms with E-state index in [9.17, 15) is 4.39 Å². The predicted octanol–water partition coefficient (Wildman–Crippen LogP) is 2.64. The number of aromatic nitrogens is 5. The van der Waals surface area contributed by atoms with Gasteiger partial charge in [0.1, 0.15) is 17.2 Å². The molecule has 1 aromatic carbocycles. The van der Waals surface area contributed by atoms with E-state index in [1.54, 1.807) is 18.5 Å². The van der Waals surface area contributed by atoms with Gasteiger partial charge in [0.15, 0.2) is 0 Å². The van der Waals surface area contributed by atoms with Gasteiger partial charge in [0, 0.05) is 22.5 Å². The zero-order chi connectivity index (χ0) is 12.8. The fourth-order valence-corrected chi connectivity index (χ4v) is 2.31. The summed E-state index contributed by atoms with van der Waals surface area (Å²) in [5.74, 6) is -0.255. The fraction of sp³-hybridized carbons (Fsp3) is 0. The average molecular weight is 253 g/mol. The standard InChI is InChI=1S/C13H8FN5/c14-7-1-2-10-9(5-7)8-3-4-15-13(12(8)17-10)11-6-16-19-18-11/h1-6,17H,(H,16,18,19). The van der Waals surface area contributed by atoms with Gasteiger partial charge in [-0.2, -0.15) is 0 Å². The van der Waals surface area contributed by atoms with E-state index in [0.29, 0.717) is 0 Å². The van der Waals surface area contributed by atoms with Crippen LogP contribution < -0.4 is 0 Å². The molecule has 92 valence electrons. The van der Waals surface area contributed by atoms with Crippen molar-refractivity contribution in [3.8, 4) is 11.4 Å². The van der Waals surface area contributed by atoms with E-state index < -0.39 is 0 Å². The van der Waals surface area contributed by atoms with Crippen molar-refractivity contribution >= 4 is 21.8 Å². The molecule has 0 spiro atoms. The lowest BCUT2D eigenvalue weighted by atomic mass is 10.1. The molecule has 6 heteroatoms. The quantitative estimate of drug-likeness (QED) is 0.548. The normalized spacial score (nSPS) is 11.4. The predicted molar refractivity (Wildman–Crippen MR) is 68.9 cm³/mol. The summed E-state index contributed by atoms with van der Waals surface area (Å²) in [7, 11) is 0. The number of nitrogens with zero attached hydrogens (tertiary/aromatic N) is 3. The molecular weight excluding hydrogens is 245 g/mol. The summed E-state index contributed by atoms with van der Waals surface area (Å²) in [5.41, 5.74) is 3.16. The van der Waals surface area contributed by atoms with Crippen LogP contribution in [0.15, 0.2) is 36.7 Å². The van der Waals surface area contributed by atoms with Crippen LogP contribution in [0.3, 0.4) is 0 Å². The molecule has 0 atom stereocenters. The van der Waals surface area contributed by atoms with Gasteiger partial charge in [-0.15, -0.1) is 5.10 Å². The van der Waals surface area contributed by atoms with Crippen LogP contribution in [0.2, 0.25) is 0 Å². The van der Waals surface area contributed by atoms with Gasteiger partial charge in [-0.1, -0.05) is 5.21 Å². The molecule has 0 saturated carbocycles. The van der Waals surface area contributed by atoms with Gasteiger partial charge in [-0.05, 0) is 24.3 Å². The molecular formula is C13H8FN5. The van der Waals surface area contributed by atoms with Crippen molar-refractivity contribution < 1.29 is 4.39 Å². The minimum absolute atomic E-state index is 0.255. The zero-order valence-corrected chi connectivity index (χ0v) is 9.68. The van der Waals surface area contributed by atoms with Crippen molar-refractivity contribution in [2.75, 3.05) is 0 Å². The summed E-state index contributed by atoms with van der Waals surface area (Å²) in [6.07, 6.45) is 3.30. The van der Waals surface area contributed by atoms with Crippen LogP contribution in [0.4, 0.5) is 4.39 Å². The first-order chi connectivity index (χ1) is 9.33. The first kappa shape index (κ1) is 10.2. The molecule has 0 bridgehead atoms. The van der Waals surface area contributed by atoms with E-state index in [4.69, 9.17) is 0 Å². The number of nitrogens with one attached hydrogen (secondary N) is 2. The summed E-state index contributed by atoms with van der Waals surface area (Å²) >= 11 is 0. The molecule has 4 aromatic rings. The number of H-pyrrole nitrogens is 2. The van der Waals surface area contributed by atoms with E-state index in [-0.39, 0.29) is 5.82 Å². The third kappa shape index (κ3) is 1.43. The highest BCUT2D eigenvalue weighted by Gasteiger charge is 2.12. The molecule has 0 aliphatic heterocycles.